The first-order valence-electron chi connectivity index (χ1n) is 9.04. The van der Waals surface area contributed by atoms with Gasteiger partial charge in [0.15, 0.2) is 0 Å². The molecule has 0 saturated carbocycles. The molecule has 0 aliphatic heterocycles. The van der Waals surface area contributed by atoms with Crippen LogP contribution in [0.5, 0.6) is 0 Å². The number of hydrogen-bond acceptors (Lipinski definition) is 1. The maximum absolute atomic E-state index is 6.01. The van der Waals surface area contributed by atoms with Gasteiger partial charge >= 0.3 is 0 Å². The second-order valence-corrected chi connectivity index (χ2v) is 6.41. The lowest BCUT2D eigenvalue weighted by atomic mass is 9.94. The molecule has 2 rings (SSSR count). The van der Waals surface area contributed by atoms with Gasteiger partial charge in [-0.25, -0.2) is 0 Å². The third-order valence-electron chi connectivity index (χ3n) is 4.30. The molecule has 1 atom stereocenters. The largest absolute Gasteiger partial charge is 0.376 e. The van der Waals surface area contributed by atoms with E-state index in [4.69, 9.17) is 4.74 Å². The molecule has 0 amide bonds. The first-order chi connectivity index (χ1) is 11.4. The Morgan fingerprint density at radius 3 is 2.09 bits per heavy atom. The molecule has 2 aromatic rings. The Balaban J connectivity index is 1.79. The smallest absolute Gasteiger partial charge is 0.0717 e. The average molecular weight is 310 g/mol. The van der Waals surface area contributed by atoms with Crippen LogP contribution in [-0.4, -0.2) is 6.61 Å². The van der Waals surface area contributed by atoms with Crippen molar-refractivity contribution in [3.05, 3.63) is 71.8 Å². The molecule has 1 nitrogen and oxygen atoms in total. The molecule has 0 heterocycles. The van der Waals surface area contributed by atoms with Crippen molar-refractivity contribution in [1.29, 1.82) is 0 Å². The third kappa shape index (κ3) is 7.47. The number of ether oxygens (including phenoxy) is 1. The Bertz CT molecular complexity index is 506. The molecule has 0 fully saturated rings. The maximum Gasteiger partial charge on any atom is 0.0717 e. The Hall–Kier alpha value is -1.60. The van der Waals surface area contributed by atoms with Crippen LogP contribution in [0.1, 0.15) is 50.2 Å². The van der Waals surface area contributed by atoms with Gasteiger partial charge in [0.05, 0.1) is 13.2 Å². The highest BCUT2D eigenvalue weighted by atomic mass is 16.5. The van der Waals surface area contributed by atoms with E-state index in [0.29, 0.717) is 5.92 Å². The van der Waals surface area contributed by atoms with Crippen LogP contribution >= 0.6 is 0 Å². The minimum Gasteiger partial charge on any atom is -0.376 e. The van der Waals surface area contributed by atoms with Crippen molar-refractivity contribution in [2.75, 3.05) is 6.61 Å². The second kappa shape index (κ2) is 11.0. The topological polar surface area (TPSA) is 9.23 Å². The molecular weight excluding hydrogens is 280 g/mol. The number of hydrogen-bond donors (Lipinski definition) is 0. The summed E-state index contributed by atoms with van der Waals surface area (Å²) in [6, 6.07) is 21.3. The van der Waals surface area contributed by atoms with Gasteiger partial charge < -0.3 is 4.74 Å². The Morgan fingerprint density at radius 2 is 1.43 bits per heavy atom. The van der Waals surface area contributed by atoms with Crippen molar-refractivity contribution in [3.63, 3.8) is 0 Å². The molecule has 0 unspecified atom stereocenters. The summed E-state index contributed by atoms with van der Waals surface area (Å²) in [5.74, 6) is 0.623. The fourth-order valence-corrected chi connectivity index (χ4v) is 2.97. The van der Waals surface area contributed by atoms with E-state index in [1.165, 1.54) is 43.2 Å². The van der Waals surface area contributed by atoms with Crippen LogP contribution in [-0.2, 0) is 17.8 Å². The van der Waals surface area contributed by atoms with E-state index in [-0.39, 0.29) is 0 Å². The van der Waals surface area contributed by atoms with Gasteiger partial charge in [-0.2, -0.15) is 0 Å². The van der Waals surface area contributed by atoms with Crippen molar-refractivity contribution >= 4 is 0 Å². The predicted octanol–water partition coefficient (Wildman–Crippen LogP) is 6.03. The van der Waals surface area contributed by atoms with Crippen molar-refractivity contribution in [1.82, 2.24) is 0 Å². The van der Waals surface area contributed by atoms with Crippen molar-refractivity contribution in [2.45, 2.75) is 52.1 Å². The van der Waals surface area contributed by atoms with E-state index in [9.17, 15) is 0 Å². The van der Waals surface area contributed by atoms with E-state index in [1.807, 2.05) is 0 Å². The third-order valence-corrected chi connectivity index (χ3v) is 4.30. The van der Waals surface area contributed by atoms with Crippen molar-refractivity contribution < 1.29 is 4.74 Å². The van der Waals surface area contributed by atoms with Gasteiger partial charge in [0.2, 0.25) is 0 Å². The minimum atomic E-state index is 0.623. The van der Waals surface area contributed by atoms with Gasteiger partial charge in [-0.15, -0.1) is 0 Å². The lowest BCUT2D eigenvalue weighted by Crippen LogP contribution is -2.13. The number of benzene rings is 2. The van der Waals surface area contributed by atoms with E-state index in [1.54, 1.807) is 0 Å². The van der Waals surface area contributed by atoms with E-state index in [0.717, 1.165) is 19.6 Å². The molecule has 0 spiro atoms. The van der Waals surface area contributed by atoms with Crippen molar-refractivity contribution in [2.24, 2.45) is 5.92 Å². The molecule has 124 valence electrons. The number of rotatable bonds is 11. The van der Waals surface area contributed by atoms with E-state index in [2.05, 4.69) is 67.6 Å². The maximum atomic E-state index is 6.01. The summed E-state index contributed by atoms with van der Waals surface area (Å²) in [6.45, 7) is 3.85. The molecule has 0 bridgehead atoms. The summed E-state index contributed by atoms with van der Waals surface area (Å²) in [6.07, 6.45) is 7.71. The van der Waals surface area contributed by atoms with E-state index >= 15 is 0 Å². The Kier molecular flexibility index (Phi) is 8.50. The molecule has 0 aliphatic rings. The zero-order chi connectivity index (χ0) is 16.2. The molecule has 23 heavy (non-hydrogen) atoms. The number of unbranched alkanes of at least 4 members (excludes halogenated alkanes) is 3. The van der Waals surface area contributed by atoms with Gasteiger partial charge in [0, 0.05) is 0 Å². The van der Waals surface area contributed by atoms with Gasteiger partial charge in [-0.1, -0.05) is 93.3 Å². The van der Waals surface area contributed by atoms with Crippen LogP contribution < -0.4 is 0 Å². The molecule has 0 aliphatic carbocycles. The van der Waals surface area contributed by atoms with Gasteiger partial charge in [0.1, 0.15) is 0 Å². The van der Waals surface area contributed by atoms with Gasteiger partial charge in [-0.3, -0.25) is 0 Å². The van der Waals surface area contributed by atoms with Crippen LogP contribution in [0.2, 0.25) is 0 Å². The van der Waals surface area contributed by atoms with Crippen LogP contribution in [0.15, 0.2) is 60.7 Å². The molecule has 0 aromatic heterocycles. The summed E-state index contributed by atoms with van der Waals surface area (Å²) in [7, 11) is 0. The van der Waals surface area contributed by atoms with Gasteiger partial charge in [-0.05, 0) is 29.9 Å². The second-order valence-electron chi connectivity index (χ2n) is 6.41. The van der Waals surface area contributed by atoms with Crippen LogP contribution in [0, 0.1) is 5.92 Å². The van der Waals surface area contributed by atoms with Crippen LogP contribution in [0.3, 0.4) is 0 Å². The van der Waals surface area contributed by atoms with Crippen molar-refractivity contribution in [3.8, 4) is 0 Å². The Labute approximate surface area is 141 Å². The fourth-order valence-electron chi connectivity index (χ4n) is 2.97. The predicted molar refractivity (Wildman–Crippen MR) is 98.5 cm³/mol. The summed E-state index contributed by atoms with van der Waals surface area (Å²) >= 11 is 0. The monoisotopic (exact) mass is 310 g/mol. The summed E-state index contributed by atoms with van der Waals surface area (Å²) in [4.78, 5) is 0. The molecule has 0 saturated heterocycles. The zero-order valence-corrected chi connectivity index (χ0v) is 14.4. The molecule has 1 heteroatoms. The minimum absolute atomic E-state index is 0.623. The van der Waals surface area contributed by atoms with Crippen LogP contribution in [0.4, 0.5) is 0 Å². The molecule has 2 aromatic carbocycles. The lowest BCUT2D eigenvalue weighted by molar-refractivity contribution is 0.0831. The standard InChI is InChI=1S/C22H30O/c1-2-3-4-7-16-22(17-20-12-8-5-9-13-20)19-23-18-21-14-10-6-11-15-21/h5-6,8-15,22H,2-4,7,16-19H2,1H3/t22-/m1/s1. The lowest BCUT2D eigenvalue weighted by Gasteiger charge is -2.17. The molecule has 0 radical (unpaired) electrons. The highest BCUT2D eigenvalue weighted by Gasteiger charge is 2.10. The summed E-state index contributed by atoms with van der Waals surface area (Å²) in [5, 5.41) is 0. The highest BCUT2D eigenvalue weighted by molar-refractivity contribution is 5.15. The Morgan fingerprint density at radius 1 is 0.783 bits per heavy atom. The molecule has 0 N–H and O–H groups in total. The van der Waals surface area contributed by atoms with Gasteiger partial charge in [0.25, 0.3) is 0 Å². The van der Waals surface area contributed by atoms with Crippen LogP contribution in [0.25, 0.3) is 0 Å². The SMILES string of the molecule is CCCCCC[C@@H](COCc1ccccc1)Cc1ccccc1. The molecular formula is C22H30O. The quantitative estimate of drug-likeness (QED) is 0.460. The first-order valence-corrected chi connectivity index (χ1v) is 9.04. The van der Waals surface area contributed by atoms with E-state index < -0.39 is 0 Å². The zero-order valence-electron chi connectivity index (χ0n) is 14.4. The summed E-state index contributed by atoms with van der Waals surface area (Å²) in [5.41, 5.74) is 2.69. The first kappa shape index (κ1) is 17.7. The summed E-state index contributed by atoms with van der Waals surface area (Å²) < 4.78 is 6.01. The fraction of sp³-hybridized carbons (Fsp3) is 0.455. The normalized spacial score (nSPS) is 12.2. The highest BCUT2D eigenvalue weighted by Crippen LogP contribution is 2.18. The average Bonchev–Trinajstić information content (AvgIpc) is 2.60.